The van der Waals surface area contributed by atoms with Crippen molar-refractivity contribution in [3.8, 4) is 5.19 Å². The fourth-order valence-electron chi connectivity index (χ4n) is 6.23. The number of nitrogens with two attached hydrogens (primary N) is 1. The first-order valence-corrected chi connectivity index (χ1v) is 10.6. The van der Waals surface area contributed by atoms with Gasteiger partial charge in [0, 0.05) is 4.88 Å². The second kappa shape index (κ2) is 7.39. The van der Waals surface area contributed by atoms with Gasteiger partial charge in [-0.1, -0.05) is 11.3 Å². The molecule has 0 atom stereocenters. The first-order chi connectivity index (χ1) is 12.9. The van der Waals surface area contributed by atoms with Gasteiger partial charge >= 0.3 is 6.09 Å². The van der Waals surface area contributed by atoms with Gasteiger partial charge in [0.25, 0.3) is 5.19 Å². The zero-order chi connectivity index (χ0) is 19.0. The molecule has 5 rings (SSSR count). The standard InChI is InChI=1S/C19H27N3O4S/c20-17(24)26-18-21-14(7-16(23)22-25)15(27-18)2-1-3-19-8-11-4-12(9-19)6-13(5-11)10-19/h11-13,25H,1-10H2,(H2,20,24)(H,22,23). The molecule has 0 aliphatic heterocycles. The summed E-state index contributed by atoms with van der Waals surface area (Å²) < 4.78 is 4.88. The SMILES string of the molecule is NC(=O)Oc1nc(CC(=O)NO)c(CCCC23CC4CC(CC(C4)C2)C3)s1. The molecule has 27 heavy (non-hydrogen) atoms. The van der Waals surface area contributed by atoms with Gasteiger partial charge in [-0.05, 0) is 81.0 Å². The van der Waals surface area contributed by atoms with E-state index in [4.69, 9.17) is 15.7 Å². The van der Waals surface area contributed by atoms with Crippen LogP contribution in [-0.2, 0) is 17.6 Å². The Morgan fingerprint density at radius 1 is 1.22 bits per heavy atom. The van der Waals surface area contributed by atoms with E-state index in [0.29, 0.717) is 11.1 Å². The second-order valence-corrected chi connectivity index (χ2v) is 9.80. The lowest BCUT2D eigenvalue weighted by atomic mass is 9.48. The Labute approximate surface area is 162 Å². The van der Waals surface area contributed by atoms with Crippen molar-refractivity contribution in [1.29, 1.82) is 0 Å². The first-order valence-electron chi connectivity index (χ1n) is 9.83. The largest absolute Gasteiger partial charge is 0.411 e. The van der Waals surface area contributed by atoms with E-state index < -0.39 is 12.0 Å². The predicted octanol–water partition coefficient (Wildman–Crippen LogP) is 3.19. The molecule has 4 aliphatic rings. The zero-order valence-corrected chi connectivity index (χ0v) is 16.2. The maximum Gasteiger partial charge on any atom is 0.411 e. The number of nitrogens with zero attached hydrogens (tertiary/aromatic N) is 1. The first kappa shape index (κ1) is 18.7. The number of amides is 2. The van der Waals surface area contributed by atoms with Gasteiger partial charge in [-0.2, -0.15) is 0 Å². The number of thiazole rings is 1. The number of aromatic nitrogens is 1. The highest BCUT2D eigenvalue weighted by Gasteiger charge is 2.50. The summed E-state index contributed by atoms with van der Waals surface area (Å²) in [7, 11) is 0. The van der Waals surface area contributed by atoms with Crippen LogP contribution in [0.5, 0.6) is 5.19 Å². The van der Waals surface area contributed by atoms with E-state index in [-0.39, 0.29) is 11.6 Å². The number of nitrogens with one attached hydrogen (secondary N) is 1. The molecule has 4 fully saturated rings. The third kappa shape index (κ3) is 4.11. The number of aryl methyl sites for hydroxylation is 1. The molecule has 1 heterocycles. The third-order valence-corrected chi connectivity index (χ3v) is 7.71. The van der Waals surface area contributed by atoms with Crippen molar-refractivity contribution < 1.29 is 19.5 Å². The van der Waals surface area contributed by atoms with Crippen molar-refractivity contribution >= 4 is 23.3 Å². The van der Waals surface area contributed by atoms with E-state index in [1.165, 1.54) is 56.3 Å². The Morgan fingerprint density at radius 2 is 1.85 bits per heavy atom. The molecule has 7 nitrogen and oxygen atoms in total. The van der Waals surface area contributed by atoms with Gasteiger partial charge in [0.05, 0.1) is 12.1 Å². The average Bonchev–Trinajstić information content (AvgIpc) is 2.93. The molecular weight excluding hydrogens is 366 g/mol. The summed E-state index contributed by atoms with van der Waals surface area (Å²) >= 11 is 1.26. The van der Waals surface area contributed by atoms with E-state index in [1.54, 1.807) is 5.48 Å². The number of hydrogen-bond acceptors (Lipinski definition) is 6. The van der Waals surface area contributed by atoms with Crippen LogP contribution in [0.1, 0.15) is 61.9 Å². The number of primary amides is 1. The van der Waals surface area contributed by atoms with Crippen molar-refractivity contribution in [2.75, 3.05) is 0 Å². The molecule has 0 unspecified atom stereocenters. The van der Waals surface area contributed by atoms with Crippen molar-refractivity contribution in [1.82, 2.24) is 10.5 Å². The van der Waals surface area contributed by atoms with Gasteiger partial charge in [-0.15, -0.1) is 0 Å². The Kier molecular flexibility index (Phi) is 5.11. The van der Waals surface area contributed by atoms with Crippen LogP contribution in [0.4, 0.5) is 4.79 Å². The highest BCUT2D eigenvalue weighted by atomic mass is 32.1. The van der Waals surface area contributed by atoms with Crippen LogP contribution in [0.25, 0.3) is 0 Å². The van der Waals surface area contributed by atoms with E-state index in [9.17, 15) is 9.59 Å². The lowest BCUT2D eigenvalue weighted by Crippen LogP contribution is -2.45. The van der Waals surface area contributed by atoms with E-state index in [1.807, 2.05) is 0 Å². The minimum atomic E-state index is -0.915. The highest BCUT2D eigenvalue weighted by molar-refractivity contribution is 7.13. The normalized spacial score (nSPS) is 31.1. The minimum Gasteiger partial charge on any atom is -0.381 e. The number of carbonyl (C=O) groups is 2. The molecule has 0 radical (unpaired) electrons. The van der Waals surface area contributed by atoms with Gasteiger partial charge in [0.15, 0.2) is 0 Å². The minimum absolute atomic E-state index is 0.0399. The van der Waals surface area contributed by atoms with E-state index in [2.05, 4.69) is 4.98 Å². The summed E-state index contributed by atoms with van der Waals surface area (Å²) in [5.74, 6) is 2.30. The summed E-state index contributed by atoms with van der Waals surface area (Å²) in [6, 6.07) is 0. The van der Waals surface area contributed by atoms with Crippen molar-refractivity contribution in [2.45, 2.75) is 64.2 Å². The molecule has 4 saturated carbocycles. The van der Waals surface area contributed by atoms with Gasteiger partial charge in [0.1, 0.15) is 0 Å². The molecule has 0 spiro atoms. The molecule has 4 aliphatic carbocycles. The van der Waals surface area contributed by atoms with Crippen molar-refractivity contribution in [2.24, 2.45) is 28.9 Å². The fourth-order valence-corrected chi connectivity index (χ4v) is 7.21. The topological polar surface area (TPSA) is 115 Å². The van der Waals surface area contributed by atoms with Crippen LogP contribution in [0.15, 0.2) is 0 Å². The van der Waals surface area contributed by atoms with Gasteiger partial charge in [-0.3, -0.25) is 10.0 Å². The van der Waals surface area contributed by atoms with Crippen LogP contribution >= 0.6 is 11.3 Å². The maximum atomic E-state index is 11.5. The Morgan fingerprint density at radius 3 is 2.41 bits per heavy atom. The van der Waals surface area contributed by atoms with Crippen LogP contribution in [0, 0.1) is 23.2 Å². The highest BCUT2D eigenvalue weighted by Crippen LogP contribution is 2.61. The molecule has 2 amide bonds. The fraction of sp³-hybridized carbons (Fsp3) is 0.737. The predicted molar refractivity (Wildman–Crippen MR) is 99.5 cm³/mol. The summed E-state index contributed by atoms with van der Waals surface area (Å²) in [5.41, 5.74) is 7.77. The molecule has 4 N–H and O–H groups in total. The third-order valence-electron chi connectivity index (χ3n) is 6.68. The van der Waals surface area contributed by atoms with Gasteiger partial charge < -0.3 is 10.5 Å². The van der Waals surface area contributed by atoms with Crippen LogP contribution in [-0.4, -0.2) is 22.2 Å². The summed E-state index contributed by atoms with van der Waals surface area (Å²) in [5, 5.41) is 8.94. The Bertz CT molecular complexity index is 697. The van der Waals surface area contributed by atoms with Gasteiger partial charge in [0.2, 0.25) is 5.91 Å². The van der Waals surface area contributed by atoms with Crippen molar-refractivity contribution in [3.63, 3.8) is 0 Å². The van der Waals surface area contributed by atoms with Crippen molar-refractivity contribution in [3.05, 3.63) is 10.6 Å². The van der Waals surface area contributed by atoms with E-state index >= 15 is 0 Å². The summed E-state index contributed by atoms with van der Waals surface area (Å²) in [4.78, 5) is 27.7. The molecule has 0 saturated heterocycles. The molecule has 0 aromatic carbocycles. The Balaban J connectivity index is 1.40. The molecular formula is C19H27N3O4S. The van der Waals surface area contributed by atoms with Crippen LogP contribution in [0.2, 0.25) is 0 Å². The smallest absolute Gasteiger partial charge is 0.381 e. The molecule has 8 heteroatoms. The lowest BCUT2D eigenvalue weighted by Gasteiger charge is -2.57. The Hall–Kier alpha value is -1.67. The molecule has 4 bridgehead atoms. The number of rotatable bonds is 7. The average molecular weight is 394 g/mol. The number of ether oxygens (including phenoxy) is 1. The zero-order valence-electron chi connectivity index (χ0n) is 15.4. The van der Waals surface area contributed by atoms with Crippen LogP contribution < -0.4 is 16.0 Å². The van der Waals surface area contributed by atoms with E-state index in [0.717, 1.165) is 35.5 Å². The molecule has 1 aromatic heterocycles. The number of carbonyl (C=O) groups excluding carboxylic acids is 2. The van der Waals surface area contributed by atoms with Gasteiger partial charge in [-0.25, -0.2) is 15.3 Å². The maximum absolute atomic E-state index is 11.5. The monoisotopic (exact) mass is 393 g/mol. The molecule has 1 aromatic rings. The number of hydroxylamine groups is 1. The molecule has 148 valence electrons. The summed E-state index contributed by atoms with van der Waals surface area (Å²) in [6.45, 7) is 0. The van der Waals surface area contributed by atoms with Crippen LogP contribution in [0.3, 0.4) is 0 Å². The lowest BCUT2D eigenvalue weighted by molar-refractivity contribution is -0.128. The second-order valence-electron chi connectivity index (χ2n) is 8.75. The quantitative estimate of drug-likeness (QED) is 0.486. The number of hydrogen-bond donors (Lipinski definition) is 3. The summed E-state index contributed by atoms with van der Waals surface area (Å²) in [6.07, 6.45) is 10.6.